The number of carbonyl (C=O) groups is 1. The Morgan fingerprint density at radius 2 is 1.73 bits per heavy atom. The standard InChI is InChI=1S/C27H28FN5O3S/c28-17-14-21-24(29-15-17)32(20-9-11-37-12-10-20)27(36)33(26(21)35)19-7-5-18(6-8-19)30-25(34)23-13-16-3-1-2-4-22(16)31-23/h1-4,13-15,18-20,31H,5-12H2,(H,30,34). The van der Waals surface area contributed by atoms with Crippen molar-refractivity contribution in [2.75, 3.05) is 11.5 Å². The van der Waals surface area contributed by atoms with Crippen LogP contribution in [0.5, 0.6) is 0 Å². The number of hydrogen-bond acceptors (Lipinski definition) is 5. The molecule has 0 bridgehead atoms. The summed E-state index contributed by atoms with van der Waals surface area (Å²) in [5, 5.41) is 4.22. The number of carbonyl (C=O) groups excluding carboxylic acids is 1. The Morgan fingerprint density at radius 3 is 2.49 bits per heavy atom. The summed E-state index contributed by atoms with van der Waals surface area (Å²) in [7, 11) is 0. The van der Waals surface area contributed by atoms with Gasteiger partial charge in [-0.05, 0) is 68.2 Å². The summed E-state index contributed by atoms with van der Waals surface area (Å²) >= 11 is 1.85. The predicted octanol–water partition coefficient (Wildman–Crippen LogP) is 4.16. The van der Waals surface area contributed by atoms with E-state index in [0.717, 1.165) is 41.4 Å². The first-order valence-corrected chi connectivity index (χ1v) is 13.9. The zero-order valence-electron chi connectivity index (χ0n) is 20.3. The van der Waals surface area contributed by atoms with E-state index in [1.165, 1.54) is 10.6 Å². The zero-order valence-corrected chi connectivity index (χ0v) is 21.1. The van der Waals surface area contributed by atoms with E-state index >= 15 is 0 Å². The Labute approximate surface area is 216 Å². The largest absolute Gasteiger partial charge is 0.351 e. The van der Waals surface area contributed by atoms with E-state index < -0.39 is 11.4 Å². The summed E-state index contributed by atoms with van der Waals surface area (Å²) in [5.41, 5.74) is 0.838. The molecule has 4 aromatic rings. The lowest BCUT2D eigenvalue weighted by Gasteiger charge is -2.31. The molecule has 2 fully saturated rings. The van der Waals surface area contributed by atoms with Gasteiger partial charge in [0.15, 0.2) is 0 Å². The molecular formula is C27H28FN5O3S. The normalized spacial score (nSPS) is 20.9. The average molecular weight is 522 g/mol. The number of fused-ring (bicyclic) bond motifs is 2. The van der Waals surface area contributed by atoms with Crippen LogP contribution in [-0.2, 0) is 0 Å². The molecule has 1 aliphatic carbocycles. The van der Waals surface area contributed by atoms with Gasteiger partial charge in [-0.2, -0.15) is 11.8 Å². The second-order valence-electron chi connectivity index (χ2n) is 9.95. The van der Waals surface area contributed by atoms with Crippen molar-refractivity contribution in [3.8, 4) is 0 Å². The van der Waals surface area contributed by atoms with E-state index in [-0.39, 0.29) is 40.8 Å². The summed E-state index contributed by atoms with van der Waals surface area (Å²) < 4.78 is 17.0. The molecule has 0 unspecified atom stereocenters. The SMILES string of the molecule is O=C(NC1CCC(n2c(=O)c3cc(F)cnc3n(C3CCSCC3)c2=O)CC1)c1cc2ccccc2[nH]1. The maximum atomic E-state index is 14.1. The maximum Gasteiger partial charge on any atom is 0.333 e. The average Bonchev–Trinajstić information content (AvgIpc) is 3.36. The molecule has 8 nitrogen and oxygen atoms in total. The Bertz CT molecular complexity index is 1560. The Kier molecular flexibility index (Phi) is 6.36. The third-order valence-electron chi connectivity index (χ3n) is 7.65. The highest BCUT2D eigenvalue weighted by molar-refractivity contribution is 7.99. The van der Waals surface area contributed by atoms with Crippen LogP contribution >= 0.6 is 11.8 Å². The van der Waals surface area contributed by atoms with Crippen LogP contribution in [0.1, 0.15) is 61.1 Å². The lowest BCUT2D eigenvalue weighted by molar-refractivity contribution is 0.0917. The number of aromatic nitrogens is 4. The highest BCUT2D eigenvalue weighted by Gasteiger charge is 2.30. The fourth-order valence-electron chi connectivity index (χ4n) is 5.74. The van der Waals surface area contributed by atoms with Gasteiger partial charge in [-0.1, -0.05) is 18.2 Å². The van der Waals surface area contributed by atoms with Gasteiger partial charge in [0.2, 0.25) is 0 Å². The number of pyridine rings is 1. The van der Waals surface area contributed by atoms with Gasteiger partial charge in [-0.25, -0.2) is 14.2 Å². The number of benzene rings is 1. The zero-order chi connectivity index (χ0) is 25.5. The predicted molar refractivity (Wildman–Crippen MR) is 143 cm³/mol. The molecule has 0 radical (unpaired) electrons. The van der Waals surface area contributed by atoms with Crippen molar-refractivity contribution in [3.05, 3.63) is 74.9 Å². The molecule has 2 N–H and O–H groups in total. The number of para-hydroxylation sites is 1. The van der Waals surface area contributed by atoms with Crippen LogP contribution < -0.4 is 16.6 Å². The molecule has 37 heavy (non-hydrogen) atoms. The number of H-pyrrole nitrogens is 1. The molecule has 1 saturated carbocycles. The summed E-state index contributed by atoms with van der Waals surface area (Å²) in [6.07, 6.45) is 5.11. The summed E-state index contributed by atoms with van der Waals surface area (Å²) in [6.45, 7) is 0. The third kappa shape index (κ3) is 4.47. The van der Waals surface area contributed by atoms with Crippen LogP contribution in [0.3, 0.4) is 0 Å². The molecule has 1 aromatic carbocycles. The van der Waals surface area contributed by atoms with Crippen molar-refractivity contribution in [1.29, 1.82) is 0 Å². The molecule has 4 heterocycles. The minimum atomic E-state index is -0.594. The van der Waals surface area contributed by atoms with Gasteiger partial charge >= 0.3 is 5.69 Å². The van der Waals surface area contributed by atoms with Gasteiger partial charge in [-0.3, -0.25) is 18.7 Å². The number of hydrogen-bond donors (Lipinski definition) is 2. The summed E-state index contributed by atoms with van der Waals surface area (Å²) in [5.74, 6) is 1.10. The number of nitrogens with one attached hydrogen (secondary N) is 2. The Hall–Kier alpha value is -3.40. The smallest absolute Gasteiger partial charge is 0.333 e. The van der Waals surface area contributed by atoms with Crippen molar-refractivity contribution in [2.45, 2.75) is 56.7 Å². The molecule has 1 saturated heterocycles. The van der Waals surface area contributed by atoms with E-state index in [0.29, 0.717) is 31.4 Å². The van der Waals surface area contributed by atoms with Crippen LogP contribution in [0, 0.1) is 5.82 Å². The van der Waals surface area contributed by atoms with Gasteiger partial charge < -0.3 is 10.3 Å². The lowest BCUT2D eigenvalue weighted by atomic mass is 9.90. The van der Waals surface area contributed by atoms with Gasteiger partial charge in [-0.15, -0.1) is 0 Å². The Balaban J connectivity index is 1.25. The van der Waals surface area contributed by atoms with E-state index in [1.807, 2.05) is 42.1 Å². The molecule has 1 amide bonds. The van der Waals surface area contributed by atoms with E-state index in [9.17, 15) is 18.8 Å². The van der Waals surface area contributed by atoms with Gasteiger partial charge in [0.25, 0.3) is 11.5 Å². The lowest BCUT2D eigenvalue weighted by Crippen LogP contribution is -2.46. The summed E-state index contributed by atoms with van der Waals surface area (Å²) in [6, 6.07) is 10.3. The van der Waals surface area contributed by atoms with Crippen molar-refractivity contribution in [2.24, 2.45) is 0 Å². The van der Waals surface area contributed by atoms with E-state index in [1.54, 1.807) is 4.57 Å². The van der Waals surface area contributed by atoms with Crippen molar-refractivity contribution in [3.63, 3.8) is 0 Å². The second kappa shape index (κ2) is 9.81. The molecule has 3 aromatic heterocycles. The minimum absolute atomic E-state index is 0.0528. The third-order valence-corrected chi connectivity index (χ3v) is 8.70. The highest BCUT2D eigenvalue weighted by Crippen LogP contribution is 2.30. The number of halogens is 1. The van der Waals surface area contributed by atoms with Crippen LogP contribution in [0.15, 0.2) is 52.2 Å². The molecule has 0 atom stereocenters. The van der Waals surface area contributed by atoms with E-state index in [4.69, 9.17) is 0 Å². The van der Waals surface area contributed by atoms with Crippen LogP contribution in [0.2, 0.25) is 0 Å². The molecular weight excluding hydrogens is 493 g/mol. The molecule has 6 rings (SSSR count). The first kappa shape index (κ1) is 24.0. The quantitative estimate of drug-likeness (QED) is 0.420. The van der Waals surface area contributed by atoms with Crippen molar-refractivity contribution >= 4 is 39.6 Å². The molecule has 192 valence electrons. The van der Waals surface area contributed by atoms with Crippen LogP contribution in [0.4, 0.5) is 4.39 Å². The molecule has 2 aliphatic rings. The second-order valence-corrected chi connectivity index (χ2v) is 11.2. The van der Waals surface area contributed by atoms with Crippen LogP contribution in [-0.4, -0.2) is 42.6 Å². The number of aromatic amines is 1. The van der Waals surface area contributed by atoms with Crippen molar-refractivity contribution < 1.29 is 9.18 Å². The number of nitrogens with zero attached hydrogens (tertiary/aromatic N) is 3. The topological polar surface area (TPSA) is 102 Å². The fourth-order valence-corrected chi connectivity index (χ4v) is 6.82. The number of thioether (sulfide) groups is 1. The highest BCUT2D eigenvalue weighted by atomic mass is 32.2. The van der Waals surface area contributed by atoms with Crippen molar-refractivity contribution in [1.82, 2.24) is 24.4 Å². The minimum Gasteiger partial charge on any atom is -0.351 e. The first-order chi connectivity index (χ1) is 18.0. The van der Waals surface area contributed by atoms with Gasteiger partial charge in [0.1, 0.15) is 17.2 Å². The fraction of sp³-hybridized carbons (Fsp3) is 0.407. The number of rotatable bonds is 4. The monoisotopic (exact) mass is 521 g/mol. The molecule has 1 aliphatic heterocycles. The Morgan fingerprint density at radius 1 is 1.00 bits per heavy atom. The first-order valence-electron chi connectivity index (χ1n) is 12.8. The van der Waals surface area contributed by atoms with Gasteiger partial charge in [0, 0.05) is 29.0 Å². The molecule has 10 heteroatoms. The summed E-state index contributed by atoms with van der Waals surface area (Å²) in [4.78, 5) is 47.3. The van der Waals surface area contributed by atoms with Crippen LogP contribution in [0.25, 0.3) is 21.9 Å². The van der Waals surface area contributed by atoms with Gasteiger partial charge in [0.05, 0.1) is 11.6 Å². The number of amides is 1. The molecule has 0 spiro atoms. The maximum absolute atomic E-state index is 14.1. The van der Waals surface area contributed by atoms with E-state index in [2.05, 4.69) is 15.3 Å².